The summed E-state index contributed by atoms with van der Waals surface area (Å²) < 4.78 is 0. The van der Waals surface area contributed by atoms with Crippen molar-refractivity contribution < 1.29 is 4.79 Å². The second kappa shape index (κ2) is 7.88. The van der Waals surface area contributed by atoms with Crippen molar-refractivity contribution >= 4 is 29.1 Å². The Morgan fingerprint density at radius 1 is 1.15 bits per heavy atom. The Labute approximate surface area is 126 Å². The molecule has 20 heavy (non-hydrogen) atoms. The summed E-state index contributed by atoms with van der Waals surface area (Å²) in [4.78, 5) is 13.6. The molecule has 0 saturated carbocycles. The summed E-state index contributed by atoms with van der Waals surface area (Å²) >= 11 is 0. The van der Waals surface area contributed by atoms with E-state index in [1.807, 2.05) is 26.2 Å². The van der Waals surface area contributed by atoms with Gasteiger partial charge in [0.2, 0.25) is 5.91 Å². The van der Waals surface area contributed by atoms with Gasteiger partial charge in [-0.1, -0.05) is 36.4 Å². The second-order valence-electron chi connectivity index (χ2n) is 4.78. The molecule has 0 unspecified atom stereocenters. The van der Waals surface area contributed by atoms with Gasteiger partial charge in [0.15, 0.2) is 0 Å². The van der Waals surface area contributed by atoms with Gasteiger partial charge in [0.25, 0.3) is 0 Å². The van der Waals surface area contributed by atoms with E-state index in [0.717, 1.165) is 6.54 Å². The molecule has 0 aliphatic heterocycles. The largest absolute Gasteiger partial charge is 0.341 e. The molecule has 2 aromatic carbocycles. The van der Waals surface area contributed by atoms with Gasteiger partial charge in [-0.2, -0.15) is 0 Å². The minimum atomic E-state index is 0. The van der Waals surface area contributed by atoms with Crippen LogP contribution in [0, 0.1) is 0 Å². The topological polar surface area (TPSA) is 32.3 Å². The van der Waals surface area contributed by atoms with E-state index in [-0.39, 0.29) is 18.3 Å². The molecule has 1 amide bonds. The monoisotopic (exact) mass is 292 g/mol. The smallest absolute Gasteiger partial charge is 0.223 e. The third kappa shape index (κ3) is 4.22. The van der Waals surface area contributed by atoms with E-state index in [9.17, 15) is 4.79 Å². The second-order valence-corrected chi connectivity index (χ2v) is 4.78. The van der Waals surface area contributed by atoms with Crippen molar-refractivity contribution in [3.05, 3.63) is 48.0 Å². The molecule has 0 bridgehead atoms. The minimum absolute atomic E-state index is 0. The van der Waals surface area contributed by atoms with Crippen LogP contribution < -0.4 is 5.32 Å². The van der Waals surface area contributed by atoms with Crippen molar-refractivity contribution in [3.63, 3.8) is 0 Å². The Bertz CT molecular complexity index is 571. The van der Waals surface area contributed by atoms with Crippen LogP contribution in [-0.4, -0.2) is 31.4 Å². The summed E-state index contributed by atoms with van der Waals surface area (Å²) in [5.41, 5.74) is 1.17. The molecule has 3 nitrogen and oxygen atoms in total. The molecule has 2 rings (SSSR count). The average Bonchev–Trinajstić information content (AvgIpc) is 2.44. The van der Waals surface area contributed by atoms with E-state index >= 15 is 0 Å². The van der Waals surface area contributed by atoms with E-state index in [1.54, 1.807) is 4.90 Å². The number of fused-ring (bicyclic) bond motifs is 1. The summed E-state index contributed by atoms with van der Waals surface area (Å²) in [7, 11) is 3.71. The highest BCUT2D eigenvalue weighted by molar-refractivity contribution is 5.85. The molecular formula is C16H21ClN2O. The quantitative estimate of drug-likeness (QED) is 0.919. The Hall–Kier alpha value is -1.58. The highest BCUT2D eigenvalue weighted by atomic mass is 35.5. The molecule has 0 saturated heterocycles. The Balaban J connectivity index is 0.00000200. The maximum absolute atomic E-state index is 11.9. The fraction of sp³-hybridized carbons (Fsp3) is 0.312. The van der Waals surface area contributed by atoms with E-state index < -0.39 is 0 Å². The van der Waals surface area contributed by atoms with E-state index in [0.29, 0.717) is 13.0 Å². The summed E-state index contributed by atoms with van der Waals surface area (Å²) in [6, 6.07) is 14.6. The molecule has 0 atom stereocenters. The van der Waals surface area contributed by atoms with Crippen LogP contribution >= 0.6 is 12.4 Å². The van der Waals surface area contributed by atoms with E-state index in [4.69, 9.17) is 0 Å². The molecule has 108 valence electrons. The summed E-state index contributed by atoms with van der Waals surface area (Å²) in [5.74, 6) is 0.169. The number of carbonyl (C=O) groups excluding carboxylic acids is 1. The van der Waals surface area contributed by atoms with Crippen molar-refractivity contribution in [2.24, 2.45) is 0 Å². The van der Waals surface area contributed by atoms with Gasteiger partial charge in [-0.15, -0.1) is 12.4 Å². The van der Waals surface area contributed by atoms with Crippen LogP contribution in [0.15, 0.2) is 42.5 Å². The zero-order valence-corrected chi connectivity index (χ0v) is 12.7. The first-order chi connectivity index (χ1) is 9.20. The summed E-state index contributed by atoms with van der Waals surface area (Å²) in [6.45, 7) is 1.38. The zero-order chi connectivity index (χ0) is 13.7. The van der Waals surface area contributed by atoms with Crippen LogP contribution in [0.2, 0.25) is 0 Å². The van der Waals surface area contributed by atoms with Gasteiger partial charge >= 0.3 is 0 Å². The molecule has 1 N–H and O–H groups in total. The van der Waals surface area contributed by atoms with E-state index in [2.05, 4.69) is 35.6 Å². The van der Waals surface area contributed by atoms with Crippen molar-refractivity contribution in [2.45, 2.75) is 13.0 Å². The van der Waals surface area contributed by atoms with Gasteiger partial charge in [-0.3, -0.25) is 4.79 Å². The highest BCUT2D eigenvalue weighted by Gasteiger charge is 2.08. The fourth-order valence-corrected chi connectivity index (χ4v) is 2.12. The molecule has 0 fully saturated rings. The molecule has 0 aliphatic carbocycles. The minimum Gasteiger partial charge on any atom is -0.341 e. The lowest BCUT2D eigenvalue weighted by Crippen LogP contribution is -2.28. The van der Waals surface area contributed by atoms with Gasteiger partial charge in [-0.25, -0.2) is 0 Å². The Morgan fingerprint density at radius 2 is 1.85 bits per heavy atom. The Morgan fingerprint density at radius 3 is 2.55 bits per heavy atom. The van der Waals surface area contributed by atoms with Crippen LogP contribution in [0.4, 0.5) is 0 Å². The summed E-state index contributed by atoms with van der Waals surface area (Å²) in [6.07, 6.45) is 0.542. The number of rotatable bonds is 5. The molecule has 0 heterocycles. The number of carbonyl (C=O) groups is 1. The first-order valence-electron chi connectivity index (χ1n) is 6.57. The number of hydrogen-bond acceptors (Lipinski definition) is 2. The standard InChI is InChI=1S/C16H20N2O.ClH/c1-17-10-9-16(19)18(2)12-13-7-8-14-5-3-4-6-15(14)11-13;/h3-8,11,17H,9-10,12H2,1-2H3;1H. The number of amides is 1. The van der Waals surface area contributed by atoms with Gasteiger partial charge in [0, 0.05) is 26.6 Å². The third-order valence-corrected chi connectivity index (χ3v) is 3.25. The maximum atomic E-state index is 11.9. The molecular weight excluding hydrogens is 272 g/mol. The SMILES string of the molecule is CNCCC(=O)N(C)Cc1ccc2ccccc2c1.Cl. The van der Waals surface area contributed by atoms with Crippen LogP contribution in [0.25, 0.3) is 10.8 Å². The van der Waals surface area contributed by atoms with Gasteiger partial charge in [0.05, 0.1) is 0 Å². The van der Waals surface area contributed by atoms with E-state index in [1.165, 1.54) is 16.3 Å². The highest BCUT2D eigenvalue weighted by Crippen LogP contribution is 2.16. The zero-order valence-electron chi connectivity index (χ0n) is 11.9. The fourth-order valence-electron chi connectivity index (χ4n) is 2.12. The summed E-state index contributed by atoms with van der Waals surface area (Å²) in [5, 5.41) is 5.44. The van der Waals surface area contributed by atoms with Crippen LogP contribution in [0.3, 0.4) is 0 Å². The molecule has 2 aromatic rings. The molecule has 0 spiro atoms. The third-order valence-electron chi connectivity index (χ3n) is 3.25. The van der Waals surface area contributed by atoms with Gasteiger partial charge in [0.1, 0.15) is 0 Å². The van der Waals surface area contributed by atoms with Crippen LogP contribution in [-0.2, 0) is 11.3 Å². The normalized spacial score (nSPS) is 10.1. The molecule has 4 heteroatoms. The van der Waals surface area contributed by atoms with Crippen molar-refractivity contribution in [3.8, 4) is 0 Å². The lowest BCUT2D eigenvalue weighted by molar-refractivity contribution is -0.130. The lowest BCUT2D eigenvalue weighted by Gasteiger charge is -2.17. The maximum Gasteiger partial charge on any atom is 0.223 e. The number of nitrogens with one attached hydrogen (secondary N) is 1. The average molecular weight is 293 g/mol. The predicted octanol–water partition coefficient (Wildman–Crippen LogP) is 2.83. The molecule has 0 aromatic heterocycles. The Kier molecular flexibility index (Phi) is 6.49. The van der Waals surface area contributed by atoms with Gasteiger partial charge in [-0.05, 0) is 29.4 Å². The van der Waals surface area contributed by atoms with Crippen molar-refractivity contribution in [2.75, 3.05) is 20.6 Å². The van der Waals surface area contributed by atoms with Crippen LogP contribution in [0.5, 0.6) is 0 Å². The first kappa shape index (κ1) is 16.5. The number of hydrogen-bond donors (Lipinski definition) is 1. The number of benzene rings is 2. The van der Waals surface area contributed by atoms with Crippen LogP contribution in [0.1, 0.15) is 12.0 Å². The van der Waals surface area contributed by atoms with Crippen molar-refractivity contribution in [1.82, 2.24) is 10.2 Å². The lowest BCUT2D eigenvalue weighted by atomic mass is 10.1. The van der Waals surface area contributed by atoms with Crippen molar-refractivity contribution in [1.29, 1.82) is 0 Å². The van der Waals surface area contributed by atoms with Gasteiger partial charge < -0.3 is 10.2 Å². The number of halogens is 1. The number of nitrogens with zero attached hydrogens (tertiary/aromatic N) is 1. The molecule has 0 radical (unpaired) electrons. The first-order valence-corrected chi connectivity index (χ1v) is 6.57. The molecule has 0 aliphatic rings. The predicted molar refractivity (Wildman–Crippen MR) is 86.2 cm³/mol.